The maximum absolute atomic E-state index is 14.4. The highest BCUT2D eigenvalue weighted by atomic mass is 19.1. The Kier molecular flexibility index (Phi) is 3.60. The average Bonchev–Trinajstić information content (AvgIpc) is 3.11. The highest BCUT2D eigenvalue weighted by molar-refractivity contribution is 5.78. The largest absolute Gasteiger partial charge is 0.354 e. The highest BCUT2D eigenvalue weighted by Crippen LogP contribution is 2.24. The van der Waals surface area contributed by atoms with E-state index in [9.17, 15) is 18.4 Å². The standard InChI is InChI=1S/C17H14F2N4O2/c18-11-5-1-2-6-13(11)23-14-10(16(24)21-17(23)25)9-12(19)15(20-14)22-7-3-4-8-22/h1-2,5-6,9H,3-4,7-8H2,(H,21,24,25). The molecule has 128 valence electrons. The second kappa shape index (κ2) is 5.80. The summed E-state index contributed by atoms with van der Waals surface area (Å²) in [7, 11) is 0. The van der Waals surface area contributed by atoms with Gasteiger partial charge in [-0.1, -0.05) is 12.1 Å². The number of fused-ring (bicyclic) bond motifs is 1. The summed E-state index contributed by atoms with van der Waals surface area (Å²) in [5, 5.41) is -0.108. The van der Waals surface area contributed by atoms with E-state index in [0.29, 0.717) is 13.1 Å². The highest BCUT2D eigenvalue weighted by Gasteiger charge is 2.21. The van der Waals surface area contributed by atoms with Crippen molar-refractivity contribution in [2.45, 2.75) is 12.8 Å². The lowest BCUT2D eigenvalue weighted by Crippen LogP contribution is -2.31. The molecule has 3 aromatic rings. The van der Waals surface area contributed by atoms with Crippen molar-refractivity contribution >= 4 is 16.9 Å². The zero-order valence-electron chi connectivity index (χ0n) is 13.1. The van der Waals surface area contributed by atoms with Gasteiger partial charge in [-0.25, -0.2) is 23.1 Å². The molecule has 1 aliphatic rings. The maximum atomic E-state index is 14.4. The van der Waals surface area contributed by atoms with Crippen molar-refractivity contribution < 1.29 is 8.78 Å². The van der Waals surface area contributed by atoms with Crippen molar-refractivity contribution in [1.82, 2.24) is 14.5 Å². The Morgan fingerprint density at radius 3 is 2.48 bits per heavy atom. The summed E-state index contributed by atoms with van der Waals surface area (Å²) in [5.74, 6) is -1.22. The van der Waals surface area contributed by atoms with Gasteiger partial charge in [0.2, 0.25) is 0 Å². The van der Waals surface area contributed by atoms with Crippen LogP contribution in [0, 0.1) is 11.6 Å². The van der Waals surface area contributed by atoms with Crippen LogP contribution in [0.25, 0.3) is 16.7 Å². The Morgan fingerprint density at radius 2 is 1.76 bits per heavy atom. The first-order valence-corrected chi connectivity index (χ1v) is 7.92. The molecule has 1 fully saturated rings. The molecular weight excluding hydrogens is 330 g/mol. The van der Waals surface area contributed by atoms with Crippen molar-refractivity contribution in [3.05, 3.63) is 62.8 Å². The molecule has 0 amide bonds. The molecule has 1 aliphatic heterocycles. The number of hydrogen-bond acceptors (Lipinski definition) is 4. The van der Waals surface area contributed by atoms with Gasteiger partial charge in [-0.15, -0.1) is 0 Å². The van der Waals surface area contributed by atoms with E-state index in [2.05, 4.69) is 9.97 Å². The van der Waals surface area contributed by atoms with E-state index in [1.807, 2.05) is 0 Å². The SMILES string of the molecule is O=c1[nH]c(=O)n(-c2ccccc2F)c2nc(N3CCCC3)c(F)cc12. The molecule has 8 heteroatoms. The van der Waals surface area contributed by atoms with Crippen LogP contribution in [-0.4, -0.2) is 27.6 Å². The van der Waals surface area contributed by atoms with Crippen molar-refractivity contribution in [2.75, 3.05) is 18.0 Å². The van der Waals surface area contributed by atoms with Crippen LogP contribution >= 0.6 is 0 Å². The number of aromatic nitrogens is 3. The molecule has 1 aromatic carbocycles. The van der Waals surface area contributed by atoms with Crippen molar-refractivity contribution in [3.63, 3.8) is 0 Å². The van der Waals surface area contributed by atoms with Crippen molar-refractivity contribution in [2.24, 2.45) is 0 Å². The summed E-state index contributed by atoms with van der Waals surface area (Å²) in [4.78, 5) is 32.5. The molecule has 0 atom stereocenters. The lowest BCUT2D eigenvalue weighted by molar-refractivity contribution is 0.612. The van der Waals surface area contributed by atoms with Gasteiger partial charge in [-0.3, -0.25) is 9.78 Å². The number of pyridine rings is 1. The van der Waals surface area contributed by atoms with Gasteiger partial charge in [-0.2, -0.15) is 0 Å². The second-order valence-electron chi connectivity index (χ2n) is 5.91. The zero-order chi connectivity index (χ0) is 17.6. The van der Waals surface area contributed by atoms with Gasteiger partial charge in [0.05, 0.1) is 11.1 Å². The summed E-state index contributed by atoms with van der Waals surface area (Å²) in [5.41, 5.74) is -1.71. The number of H-pyrrole nitrogens is 1. The topological polar surface area (TPSA) is 71.0 Å². The summed E-state index contributed by atoms with van der Waals surface area (Å²) < 4.78 is 29.6. The first-order valence-electron chi connectivity index (χ1n) is 7.92. The minimum absolute atomic E-state index is 0.0553. The van der Waals surface area contributed by atoms with Gasteiger partial charge >= 0.3 is 5.69 Å². The third-order valence-corrected chi connectivity index (χ3v) is 4.32. The molecule has 0 bridgehead atoms. The Labute approximate surface area is 140 Å². The van der Waals surface area contributed by atoms with Gasteiger partial charge in [0.25, 0.3) is 5.56 Å². The van der Waals surface area contributed by atoms with Gasteiger partial charge in [0.1, 0.15) is 5.82 Å². The third-order valence-electron chi connectivity index (χ3n) is 4.32. The first kappa shape index (κ1) is 15.5. The van der Waals surface area contributed by atoms with E-state index in [0.717, 1.165) is 23.5 Å². The molecule has 0 saturated carbocycles. The molecule has 1 saturated heterocycles. The van der Waals surface area contributed by atoms with E-state index < -0.39 is 22.9 Å². The Morgan fingerprint density at radius 1 is 1.04 bits per heavy atom. The van der Waals surface area contributed by atoms with Gasteiger partial charge in [0, 0.05) is 13.1 Å². The number of rotatable bonds is 2. The van der Waals surface area contributed by atoms with E-state index in [1.54, 1.807) is 11.0 Å². The van der Waals surface area contributed by atoms with E-state index in [-0.39, 0.29) is 22.5 Å². The molecule has 0 aliphatic carbocycles. The summed E-state index contributed by atoms with van der Waals surface area (Å²) in [6.45, 7) is 1.28. The normalized spacial score (nSPS) is 14.4. The lowest BCUT2D eigenvalue weighted by Gasteiger charge is -2.18. The van der Waals surface area contributed by atoms with Crippen LogP contribution in [0.3, 0.4) is 0 Å². The predicted molar refractivity (Wildman–Crippen MR) is 89.3 cm³/mol. The average molecular weight is 344 g/mol. The van der Waals surface area contributed by atoms with E-state index in [1.165, 1.54) is 18.2 Å². The smallest absolute Gasteiger partial charge is 0.334 e. The van der Waals surface area contributed by atoms with Gasteiger partial charge < -0.3 is 4.90 Å². The Balaban J connectivity index is 2.08. The predicted octanol–water partition coefficient (Wildman–Crippen LogP) is 1.95. The molecule has 25 heavy (non-hydrogen) atoms. The molecule has 0 spiro atoms. The Bertz CT molecular complexity index is 1080. The fourth-order valence-electron chi connectivity index (χ4n) is 3.13. The van der Waals surface area contributed by atoms with Crippen LogP contribution in [0.5, 0.6) is 0 Å². The second-order valence-corrected chi connectivity index (χ2v) is 5.91. The molecule has 3 heterocycles. The van der Waals surface area contributed by atoms with Crippen molar-refractivity contribution in [3.8, 4) is 5.69 Å². The fraction of sp³-hybridized carbons (Fsp3) is 0.235. The molecule has 1 N–H and O–H groups in total. The number of nitrogens with one attached hydrogen (secondary N) is 1. The number of anilines is 1. The number of aromatic amines is 1. The minimum Gasteiger partial charge on any atom is -0.354 e. The van der Waals surface area contributed by atoms with Gasteiger partial charge in [-0.05, 0) is 31.0 Å². The quantitative estimate of drug-likeness (QED) is 0.771. The van der Waals surface area contributed by atoms with Crippen LogP contribution in [0.1, 0.15) is 12.8 Å². The van der Waals surface area contributed by atoms with Crippen LogP contribution in [0.4, 0.5) is 14.6 Å². The molecule has 4 rings (SSSR count). The molecule has 0 unspecified atom stereocenters. The fourth-order valence-corrected chi connectivity index (χ4v) is 3.13. The number of nitrogens with zero attached hydrogens (tertiary/aromatic N) is 3. The molecule has 6 nitrogen and oxygen atoms in total. The van der Waals surface area contributed by atoms with E-state index >= 15 is 0 Å². The summed E-state index contributed by atoms with van der Waals surface area (Å²) in [6, 6.07) is 6.69. The lowest BCUT2D eigenvalue weighted by atomic mass is 10.2. The maximum Gasteiger partial charge on any atom is 0.334 e. The summed E-state index contributed by atoms with van der Waals surface area (Å²) in [6.07, 6.45) is 1.82. The minimum atomic E-state index is -0.825. The van der Waals surface area contributed by atoms with Gasteiger partial charge in [0.15, 0.2) is 17.3 Å². The van der Waals surface area contributed by atoms with Crippen LogP contribution < -0.4 is 16.1 Å². The number of halogens is 2. The van der Waals surface area contributed by atoms with Crippen LogP contribution in [0.15, 0.2) is 39.9 Å². The molecule has 2 aromatic heterocycles. The van der Waals surface area contributed by atoms with E-state index in [4.69, 9.17) is 0 Å². The number of hydrogen-bond donors (Lipinski definition) is 1. The van der Waals surface area contributed by atoms with Crippen molar-refractivity contribution in [1.29, 1.82) is 0 Å². The number of benzene rings is 1. The Hall–Kier alpha value is -3.03. The molecule has 0 radical (unpaired) electrons. The summed E-state index contributed by atoms with van der Waals surface area (Å²) >= 11 is 0. The first-order chi connectivity index (χ1) is 12.1. The van der Waals surface area contributed by atoms with Crippen LogP contribution in [-0.2, 0) is 0 Å². The third kappa shape index (κ3) is 2.50. The molecular formula is C17H14F2N4O2. The number of para-hydroxylation sites is 1. The zero-order valence-corrected chi connectivity index (χ0v) is 13.1. The monoisotopic (exact) mass is 344 g/mol. The van der Waals surface area contributed by atoms with Crippen LogP contribution in [0.2, 0.25) is 0 Å².